The van der Waals surface area contributed by atoms with E-state index < -0.39 is 0 Å². The summed E-state index contributed by atoms with van der Waals surface area (Å²) in [5.74, 6) is 1.14. The van der Waals surface area contributed by atoms with Crippen molar-refractivity contribution in [2.24, 2.45) is 0 Å². The van der Waals surface area contributed by atoms with Crippen LogP contribution in [0.15, 0.2) is 18.2 Å². The van der Waals surface area contributed by atoms with Crippen LogP contribution in [-0.2, 0) is 0 Å². The van der Waals surface area contributed by atoms with Gasteiger partial charge in [-0.15, -0.1) is 0 Å². The highest BCUT2D eigenvalue weighted by molar-refractivity contribution is 7.98. The molecule has 0 bridgehead atoms. The number of halogens is 1. The van der Waals surface area contributed by atoms with Crippen LogP contribution in [0.25, 0.3) is 0 Å². The third-order valence-corrected chi connectivity index (χ3v) is 2.53. The summed E-state index contributed by atoms with van der Waals surface area (Å²) in [6.45, 7) is 2.51. The molecule has 0 atom stereocenters. The Kier molecular flexibility index (Phi) is 4.80. The van der Waals surface area contributed by atoms with Crippen LogP contribution in [0.3, 0.4) is 0 Å². The van der Waals surface area contributed by atoms with E-state index in [9.17, 15) is 4.39 Å². The van der Waals surface area contributed by atoms with Gasteiger partial charge in [-0.1, -0.05) is 6.07 Å². The zero-order chi connectivity index (χ0) is 10.4. The molecule has 78 valence electrons. The molecule has 0 fully saturated rings. The molecule has 1 aromatic carbocycles. The van der Waals surface area contributed by atoms with E-state index in [1.54, 1.807) is 23.9 Å². The Morgan fingerprint density at radius 3 is 2.93 bits per heavy atom. The average Bonchev–Trinajstić information content (AvgIpc) is 2.18. The topological polar surface area (TPSA) is 9.23 Å². The Morgan fingerprint density at radius 1 is 1.43 bits per heavy atom. The van der Waals surface area contributed by atoms with Crippen LogP contribution in [0.1, 0.15) is 12.0 Å². The van der Waals surface area contributed by atoms with Gasteiger partial charge in [0.05, 0.1) is 6.61 Å². The molecule has 0 aliphatic rings. The lowest BCUT2D eigenvalue weighted by atomic mass is 10.2. The van der Waals surface area contributed by atoms with E-state index in [1.807, 2.05) is 13.2 Å². The van der Waals surface area contributed by atoms with Crippen molar-refractivity contribution in [1.29, 1.82) is 0 Å². The van der Waals surface area contributed by atoms with E-state index in [4.69, 9.17) is 4.74 Å². The summed E-state index contributed by atoms with van der Waals surface area (Å²) in [5.41, 5.74) is 1.02. The van der Waals surface area contributed by atoms with Crippen LogP contribution < -0.4 is 4.74 Å². The van der Waals surface area contributed by atoms with E-state index in [0.717, 1.165) is 17.7 Å². The van der Waals surface area contributed by atoms with E-state index in [1.165, 1.54) is 6.07 Å². The maximum atomic E-state index is 13.1. The molecular formula is C11H15FOS. The van der Waals surface area contributed by atoms with Crippen LogP contribution in [0, 0.1) is 12.7 Å². The van der Waals surface area contributed by atoms with Gasteiger partial charge in [-0.25, -0.2) is 4.39 Å². The number of hydrogen-bond acceptors (Lipinski definition) is 2. The first-order valence-electron chi connectivity index (χ1n) is 4.62. The van der Waals surface area contributed by atoms with Gasteiger partial charge in [0.2, 0.25) is 0 Å². The first kappa shape index (κ1) is 11.4. The predicted molar refractivity (Wildman–Crippen MR) is 59.6 cm³/mol. The van der Waals surface area contributed by atoms with Crippen molar-refractivity contribution in [2.75, 3.05) is 18.6 Å². The van der Waals surface area contributed by atoms with Crippen LogP contribution in [-0.4, -0.2) is 18.6 Å². The molecule has 0 N–H and O–H groups in total. The number of rotatable bonds is 5. The molecule has 0 unspecified atom stereocenters. The highest BCUT2D eigenvalue weighted by atomic mass is 32.2. The van der Waals surface area contributed by atoms with Gasteiger partial charge in [0.1, 0.15) is 0 Å². The second kappa shape index (κ2) is 5.91. The Labute approximate surface area is 88.7 Å². The van der Waals surface area contributed by atoms with Gasteiger partial charge in [-0.05, 0) is 43.0 Å². The monoisotopic (exact) mass is 214 g/mol. The lowest BCUT2D eigenvalue weighted by molar-refractivity contribution is 0.302. The second-order valence-electron chi connectivity index (χ2n) is 3.13. The zero-order valence-electron chi connectivity index (χ0n) is 8.55. The van der Waals surface area contributed by atoms with Crippen LogP contribution in [0.4, 0.5) is 4.39 Å². The minimum atomic E-state index is -0.278. The molecule has 0 saturated heterocycles. The molecule has 3 heteroatoms. The lowest BCUT2D eigenvalue weighted by Gasteiger charge is -2.07. The number of ether oxygens (including phenoxy) is 1. The smallest absolute Gasteiger partial charge is 0.165 e. The maximum absolute atomic E-state index is 13.1. The third kappa shape index (κ3) is 3.58. The van der Waals surface area contributed by atoms with Crippen molar-refractivity contribution in [2.45, 2.75) is 13.3 Å². The zero-order valence-corrected chi connectivity index (χ0v) is 9.36. The van der Waals surface area contributed by atoms with Crippen molar-refractivity contribution in [1.82, 2.24) is 0 Å². The van der Waals surface area contributed by atoms with Crippen LogP contribution in [0.5, 0.6) is 5.75 Å². The average molecular weight is 214 g/mol. The Morgan fingerprint density at radius 2 is 2.21 bits per heavy atom. The number of hydrogen-bond donors (Lipinski definition) is 0. The van der Waals surface area contributed by atoms with Crippen molar-refractivity contribution in [3.63, 3.8) is 0 Å². The van der Waals surface area contributed by atoms with Crippen molar-refractivity contribution in [3.8, 4) is 5.75 Å². The molecule has 0 amide bonds. The molecule has 14 heavy (non-hydrogen) atoms. The molecule has 0 aliphatic heterocycles. The lowest BCUT2D eigenvalue weighted by Crippen LogP contribution is -2.00. The van der Waals surface area contributed by atoms with Gasteiger partial charge < -0.3 is 4.74 Å². The van der Waals surface area contributed by atoms with Gasteiger partial charge in [0.15, 0.2) is 11.6 Å². The summed E-state index contributed by atoms with van der Waals surface area (Å²) in [6.07, 6.45) is 3.00. The van der Waals surface area contributed by atoms with Crippen molar-refractivity contribution in [3.05, 3.63) is 29.6 Å². The summed E-state index contributed by atoms with van der Waals surface area (Å²) in [4.78, 5) is 0. The van der Waals surface area contributed by atoms with Gasteiger partial charge in [0.25, 0.3) is 0 Å². The maximum Gasteiger partial charge on any atom is 0.165 e. The fourth-order valence-corrected chi connectivity index (χ4v) is 1.51. The van der Waals surface area contributed by atoms with Crippen LogP contribution in [0.2, 0.25) is 0 Å². The molecule has 1 aromatic rings. The van der Waals surface area contributed by atoms with Gasteiger partial charge >= 0.3 is 0 Å². The van der Waals surface area contributed by atoms with E-state index in [2.05, 4.69) is 0 Å². The molecule has 1 nitrogen and oxygen atoms in total. The second-order valence-corrected chi connectivity index (χ2v) is 4.11. The molecule has 0 heterocycles. The van der Waals surface area contributed by atoms with Crippen molar-refractivity contribution >= 4 is 11.8 Å². The Hall–Kier alpha value is -0.700. The van der Waals surface area contributed by atoms with Crippen molar-refractivity contribution < 1.29 is 9.13 Å². The van der Waals surface area contributed by atoms with E-state index >= 15 is 0 Å². The molecule has 0 radical (unpaired) electrons. The minimum absolute atomic E-state index is 0.278. The fraction of sp³-hybridized carbons (Fsp3) is 0.455. The molecule has 1 rings (SSSR count). The van der Waals surface area contributed by atoms with Crippen LogP contribution >= 0.6 is 11.8 Å². The minimum Gasteiger partial charge on any atom is -0.490 e. The summed E-state index contributed by atoms with van der Waals surface area (Å²) in [5, 5.41) is 0. The normalized spacial score (nSPS) is 10.2. The molecular weight excluding hydrogens is 199 g/mol. The number of aryl methyl sites for hydroxylation is 1. The third-order valence-electron chi connectivity index (χ3n) is 1.84. The van der Waals surface area contributed by atoms with Gasteiger partial charge in [0, 0.05) is 0 Å². The predicted octanol–water partition coefficient (Wildman–Crippen LogP) is 3.27. The van der Waals surface area contributed by atoms with Gasteiger partial charge in [-0.2, -0.15) is 11.8 Å². The molecule has 0 spiro atoms. The molecule has 0 aromatic heterocycles. The molecule has 0 saturated carbocycles. The first-order valence-corrected chi connectivity index (χ1v) is 6.01. The summed E-state index contributed by atoms with van der Waals surface area (Å²) in [6, 6.07) is 4.91. The summed E-state index contributed by atoms with van der Waals surface area (Å²) >= 11 is 1.77. The summed E-state index contributed by atoms with van der Waals surface area (Å²) < 4.78 is 18.5. The SMILES string of the molecule is CSCCCOc1cc(C)ccc1F. The Bertz CT molecular complexity index is 289. The standard InChI is InChI=1S/C11H15FOS/c1-9-4-5-10(12)11(8-9)13-6-3-7-14-2/h4-5,8H,3,6-7H2,1-2H3. The number of benzene rings is 1. The highest BCUT2D eigenvalue weighted by Gasteiger charge is 2.02. The quantitative estimate of drug-likeness (QED) is 0.696. The first-order chi connectivity index (χ1) is 6.74. The largest absolute Gasteiger partial charge is 0.490 e. The van der Waals surface area contributed by atoms with E-state index in [0.29, 0.717) is 12.4 Å². The Balaban J connectivity index is 2.45. The highest BCUT2D eigenvalue weighted by Crippen LogP contribution is 2.18. The number of thioether (sulfide) groups is 1. The van der Waals surface area contributed by atoms with E-state index in [-0.39, 0.29) is 5.82 Å². The fourth-order valence-electron chi connectivity index (χ4n) is 1.11. The van der Waals surface area contributed by atoms with Gasteiger partial charge in [-0.3, -0.25) is 0 Å². The summed E-state index contributed by atoms with van der Waals surface area (Å²) in [7, 11) is 0. The molecule has 0 aliphatic carbocycles.